The van der Waals surface area contributed by atoms with Crippen molar-refractivity contribution in [2.75, 3.05) is 13.2 Å². The zero-order valence-corrected chi connectivity index (χ0v) is 16.2. The molecule has 0 spiro atoms. The summed E-state index contributed by atoms with van der Waals surface area (Å²) < 4.78 is 52.4. The summed E-state index contributed by atoms with van der Waals surface area (Å²) in [4.78, 5) is 0. The van der Waals surface area contributed by atoms with E-state index in [2.05, 4.69) is 4.74 Å². The smallest absolute Gasteiger partial charge is 0.422 e. The fraction of sp³-hybridized carbons (Fsp3) is 0.222. The number of hydrogen-bond acceptors (Lipinski definition) is 3. The van der Waals surface area contributed by atoms with Gasteiger partial charge in [0.15, 0.2) is 6.61 Å². The second-order valence-electron chi connectivity index (χ2n) is 5.33. The summed E-state index contributed by atoms with van der Waals surface area (Å²) in [6.45, 7) is 0.596. The molecule has 3 nitrogen and oxygen atoms in total. The maximum atomic E-state index is 12.2. The van der Waals surface area contributed by atoms with Crippen molar-refractivity contribution >= 4 is 34.8 Å². The number of benzene rings is 2. The standard InChI is InChI=1S/C18H14Cl3F3O3/c1-11-8-16(25-7-6-17(20)21)14(19)9-15(11)27-13-4-2-12(3-5-13)26-10-18(22,23)24/h2-6,8-9H,7,10H2,1H3. The molecule has 27 heavy (non-hydrogen) atoms. The van der Waals surface area contributed by atoms with Crippen LogP contribution in [-0.2, 0) is 0 Å². The average molecular weight is 442 g/mol. The first-order valence-corrected chi connectivity index (χ1v) is 8.69. The zero-order valence-electron chi connectivity index (χ0n) is 13.9. The summed E-state index contributed by atoms with van der Waals surface area (Å²) >= 11 is 17.2. The third-order valence-corrected chi connectivity index (χ3v) is 3.76. The van der Waals surface area contributed by atoms with Crippen LogP contribution in [0.1, 0.15) is 5.56 Å². The highest BCUT2D eigenvalue weighted by atomic mass is 35.5. The molecular weight excluding hydrogens is 428 g/mol. The highest BCUT2D eigenvalue weighted by Gasteiger charge is 2.28. The number of halogens is 6. The molecule has 2 rings (SSSR count). The Hall–Kier alpha value is -1.76. The summed E-state index contributed by atoms with van der Waals surface area (Å²) in [5.74, 6) is 1.41. The van der Waals surface area contributed by atoms with E-state index in [-0.39, 0.29) is 16.8 Å². The Morgan fingerprint density at radius 2 is 1.63 bits per heavy atom. The van der Waals surface area contributed by atoms with Crippen molar-refractivity contribution in [1.29, 1.82) is 0 Å². The van der Waals surface area contributed by atoms with Gasteiger partial charge in [-0.3, -0.25) is 0 Å². The van der Waals surface area contributed by atoms with Crippen LogP contribution in [0.3, 0.4) is 0 Å². The largest absolute Gasteiger partial charge is 0.488 e. The first-order chi connectivity index (χ1) is 12.6. The molecule has 0 fully saturated rings. The van der Waals surface area contributed by atoms with Gasteiger partial charge in [0.1, 0.15) is 34.1 Å². The summed E-state index contributed by atoms with van der Waals surface area (Å²) in [6, 6.07) is 9.03. The summed E-state index contributed by atoms with van der Waals surface area (Å²) in [5.41, 5.74) is 0.743. The molecule has 146 valence electrons. The molecule has 2 aromatic rings. The second-order valence-corrected chi connectivity index (χ2v) is 6.75. The Labute approximate surface area is 169 Å². The quantitative estimate of drug-likeness (QED) is 0.459. The molecular formula is C18H14Cl3F3O3. The molecule has 2 aromatic carbocycles. The molecule has 0 atom stereocenters. The van der Waals surface area contributed by atoms with Crippen molar-refractivity contribution in [3.05, 3.63) is 57.6 Å². The van der Waals surface area contributed by atoms with E-state index in [9.17, 15) is 13.2 Å². The Bertz CT molecular complexity index is 802. The van der Waals surface area contributed by atoms with Crippen molar-refractivity contribution in [2.45, 2.75) is 13.1 Å². The SMILES string of the molecule is Cc1cc(OCC=C(Cl)Cl)c(Cl)cc1Oc1ccc(OCC(F)(F)F)cc1. The van der Waals surface area contributed by atoms with Gasteiger partial charge in [0.2, 0.25) is 0 Å². The van der Waals surface area contributed by atoms with Crippen LogP contribution in [-0.4, -0.2) is 19.4 Å². The first-order valence-electron chi connectivity index (χ1n) is 7.55. The van der Waals surface area contributed by atoms with Gasteiger partial charge in [-0.25, -0.2) is 0 Å². The van der Waals surface area contributed by atoms with Crippen molar-refractivity contribution < 1.29 is 27.4 Å². The second kappa shape index (κ2) is 9.44. The van der Waals surface area contributed by atoms with E-state index in [0.29, 0.717) is 22.3 Å². The van der Waals surface area contributed by atoms with Crippen LogP contribution < -0.4 is 14.2 Å². The fourth-order valence-electron chi connectivity index (χ4n) is 1.95. The predicted octanol–water partition coefficient (Wildman–Crippen LogP) is 7.08. The molecule has 0 saturated carbocycles. The number of ether oxygens (including phenoxy) is 3. The molecule has 9 heteroatoms. The minimum Gasteiger partial charge on any atom is -0.488 e. The lowest BCUT2D eigenvalue weighted by Gasteiger charge is -2.13. The van der Waals surface area contributed by atoms with Crippen LogP contribution in [0.2, 0.25) is 5.02 Å². The topological polar surface area (TPSA) is 27.7 Å². The molecule has 0 aliphatic rings. The van der Waals surface area contributed by atoms with E-state index in [4.69, 9.17) is 44.3 Å². The first kappa shape index (κ1) is 21.5. The third-order valence-electron chi connectivity index (χ3n) is 3.16. The maximum absolute atomic E-state index is 12.2. The van der Waals surface area contributed by atoms with E-state index >= 15 is 0 Å². The van der Waals surface area contributed by atoms with Gasteiger partial charge in [-0.15, -0.1) is 0 Å². The maximum Gasteiger partial charge on any atom is 0.422 e. The van der Waals surface area contributed by atoms with E-state index < -0.39 is 12.8 Å². The van der Waals surface area contributed by atoms with Crippen LogP contribution >= 0.6 is 34.8 Å². The van der Waals surface area contributed by atoms with E-state index in [0.717, 1.165) is 5.56 Å². The van der Waals surface area contributed by atoms with Crippen LogP contribution in [0.25, 0.3) is 0 Å². The molecule has 0 heterocycles. The van der Waals surface area contributed by atoms with Gasteiger partial charge in [0.25, 0.3) is 0 Å². The van der Waals surface area contributed by atoms with Crippen LogP contribution in [0, 0.1) is 6.92 Å². The van der Waals surface area contributed by atoms with Gasteiger partial charge in [0, 0.05) is 6.07 Å². The van der Waals surface area contributed by atoms with Gasteiger partial charge in [-0.05, 0) is 48.9 Å². The molecule has 0 unspecified atom stereocenters. The van der Waals surface area contributed by atoms with Gasteiger partial charge in [0.05, 0.1) is 5.02 Å². The normalized spacial score (nSPS) is 11.1. The van der Waals surface area contributed by atoms with Gasteiger partial charge < -0.3 is 14.2 Å². The Morgan fingerprint density at radius 3 is 2.22 bits per heavy atom. The minimum atomic E-state index is -4.39. The molecule has 0 saturated heterocycles. The number of alkyl halides is 3. The Kier molecular flexibility index (Phi) is 7.53. The number of aryl methyl sites for hydroxylation is 1. The van der Waals surface area contributed by atoms with E-state index in [1.807, 2.05) is 0 Å². The van der Waals surface area contributed by atoms with Crippen molar-refractivity contribution in [3.8, 4) is 23.0 Å². The third kappa shape index (κ3) is 7.40. The lowest BCUT2D eigenvalue weighted by atomic mass is 10.2. The lowest BCUT2D eigenvalue weighted by molar-refractivity contribution is -0.153. The summed E-state index contributed by atoms with van der Waals surface area (Å²) in [7, 11) is 0. The molecule has 0 aliphatic heterocycles. The fourth-order valence-corrected chi connectivity index (χ4v) is 2.28. The molecule has 0 aliphatic carbocycles. The summed E-state index contributed by atoms with van der Waals surface area (Å²) in [5, 5.41) is 0.319. The molecule has 0 amide bonds. The molecule has 0 radical (unpaired) electrons. The van der Waals surface area contributed by atoms with Crippen molar-refractivity contribution in [3.63, 3.8) is 0 Å². The average Bonchev–Trinajstić information content (AvgIpc) is 2.57. The van der Waals surface area contributed by atoms with Crippen LogP contribution in [0.4, 0.5) is 13.2 Å². The van der Waals surface area contributed by atoms with Crippen molar-refractivity contribution in [1.82, 2.24) is 0 Å². The van der Waals surface area contributed by atoms with Crippen LogP contribution in [0.15, 0.2) is 47.0 Å². The minimum absolute atomic E-state index is 0.0872. The lowest BCUT2D eigenvalue weighted by Crippen LogP contribution is -2.19. The number of rotatable bonds is 7. The Morgan fingerprint density at radius 1 is 1.00 bits per heavy atom. The van der Waals surface area contributed by atoms with E-state index in [1.165, 1.54) is 30.3 Å². The van der Waals surface area contributed by atoms with Gasteiger partial charge >= 0.3 is 6.18 Å². The predicted molar refractivity (Wildman–Crippen MR) is 99.5 cm³/mol. The molecule has 0 N–H and O–H groups in total. The Balaban J connectivity index is 2.04. The highest BCUT2D eigenvalue weighted by molar-refractivity contribution is 6.55. The van der Waals surface area contributed by atoms with Crippen molar-refractivity contribution in [2.24, 2.45) is 0 Å². The van der Waals surface area contributed by atoms with Crippen LogP contribution in [0.5, 0.6) is 23.0 Å². The monoisotopic (exact) mass is 440 g/mol. The van der Waals surface area contributed by atoms with E-state index in [1.54, 1.807) is 19.1 Å². The molecule has 0 bridgehead atoms. The molecule has 0 aromatic heterocycles. The highest BCUT2D eigenvalue weighted by Crippen LogP contribution is 2.35. The van der Waals surface area contributed by atoms with Gasteiger partial charge in [-0.2, -0.15) is 13.2 Å². The summed E-state index contributed by atoms with van der Waals surface area (Å²) in [6.07, 6.45) is -2.92. The number of hydrogen-bond donors (Lipinski definition) is 0. The zero-order chi connectivity index (χ0) is 20.0. The van der Waals surface area contributed by atoms with Gasteiger partial charge in [-0.1, -0.05) is 34.8 Å².